The van der Waals surface area contributed by atoms with Crippen LogP contribution in [0.5, 0.6) is 0 Å². The van der Waals surface area contributed by atoms with Crippen LogP contribution >= 0.6 is 11.8 Å². The summed E-state index contributed by atoms with van der Waals surface area (Å²) < 4.78 is 0. The van der Waals surface area contributed by atoms with E-state index in [2.05, 4.69) is 22.2 Å². The molecule has 17 heavy (non-hydrogen) atoms. The molecule has 0 aliphatic carbocycles. The molecule has 1 aliphatic heterocycles. The summed E-state index contributed by atoms with van der Waals surface area (Å²) in [4.78, 5) is 18.6. The highest BCUT2D eigenvalue weighted by molar-refractivity contribution is 7.99. The van der Waals surface area contributed by atoms with Gasteiger partial charge in [-0.25, -0.2) is 4.98 Å². The molecule has 0 spiro atoms. The number of aromatic amines is 1. The fourth-order valence-corrected chi connectivity index (χ4v) is 2.90. The monoisotopic (exact) mass is 255 g/mol. The molecule has 0 saturated carbocycles. The Kier molecular flexibility index (Phi) is 4.20. The highest BCUT2D eigenvalue weighted by Crippen LogP contribution is 2.23. The van der Waals surface area contributed by atoms with Crippen LogP contribution in [0.2, 0.25) is 0 Å². The summed E-state index contributed by atoms with van der Waals surface area (Å²) in [6.07, 6.45) is 1.40. The van der Waals surface area contributed by atoms with Crippen LogP contribution in [0.4, 0.5) is 0 Å². The number of hydrogen-bond acceptors (Lipinski definition) is 5. The van der Waals surface area contributed by atoms with E-state index < -0.39 is 0 Å². The van der Waals surface area contributed by atoms with Gasteiger partial charge in [0.15, 0.2) is 5.16 Å². The maximum Gasteiger partial charge on any atom is 0.251 e. The van der Waals surface area contributed by atoms with E-state index in [4.69, 9.17) is 0 Å². The Balaban J connectivity index is 2.12. The normalized spacial score (nSPS) is 24.1. The number of aromatic nitrogens is 2. The van der Waals surface area contributed by atoms with E-state index in [1.807, 2.05) is 0 Å². The van der Waals surface area contributed by atoms with Crippen molar-refractivity contribution in [1.82, 2.24) is 15.3 Å². The number of nitrogens with one attached hydrogen (secondary N) is 2. The van der Waals surface area contributed by atoms with Gasteiger partial charge in [0.2, 0.25) is 0 Å². The van der Waals surface area contributed by atoms with Gasteiger partial charge in [0.25, 0.3) is 5.56 Å². The minimum atomic E-state index is -0.375. The quantitative estimate of drug-likeness (QED) is 0.667. The van der Waals surface area contributed by atoms with E-state index in [9.17, 15) is 9.90 Å². The molecule has 94 valence electrons. The molecule has 0 amide bonds. The number of nitrogens with zero attached hydrogens (tertiary/aromatic N) is 1. The van der Waals surface area contributed by atoms with Crippen molar-refractivity contribution in [2.45, 2.75) is 36.3 Å². The standard InChI is InChI=1S/C11H17N3O2S/c1-2-3-7-4-10(16)14-11(13-7)17-9-6-12-5-8(9)15/h4,8-9,12,15H,2-3,5-6H2,1H3,(H,13,14,16). The molecule has 2 heterocycles. The zero-order valence-electron chi connectivity index (χ0n) is 9.77. The molecule has 3 N–H and O–H groups in total. The topological polar surface area (TPSA) is 78.0 Å². The van der Waals surface area contributed by atoms with E-state index >= 15 is 0 Å². The van der Waals surface area contributed by atoms with Crippen LogP contribution in [-0.4, -0.2) is 39.5 Å². The van der Waals surface area contributed by atoms with Crippen LogP contribution in [0.1, 0.15) is 19.0 Å². The van der Waals surface area contributed by atoms with Crippen molar-refractivity contribution in [1.29, 1.82) is 0 Å². The van der Waals surface area contributed by atoms with Gasteiger partial charge >= 0.3 is 0 Å². The van der Waals surface area contributed by atoms with E-state index in [1.54, 1.807) is 0 Å². The predicted molar refractivity (Wildman–Crippen MR) is 67.4 cm³/mol. The first kappa shape index (κ1) is 12.6. The summed E-state index contributed by atoms with van der Waals surface area (Å²) in [6, 6.07) is 1.54. The lowest BCUT2D eigenvalue weighted by Gasteiger charge is -2.12. The number of H-pyrrole nitrogens is 1. The van der Waals surface area contributed by atoms with Gasteiger partial charge in [0, 0.05) is 24.8 Å². The van der Waals surface area contributed by atoms with Crippen molar-refractivity contribution in [3.05, 3.63) is 22.1 Å². The molecule has 1 fully saturated rings. The SMILES string of the molecule is CCCc1cc(=O)[nH]c(SC2CNCC2O)n1. The van der Waals surface area contributed by atoms with E-state index in [0.29, 0.717) is 11.7 Å². The minimum absolute atomic E-state index is 0.0648. The molecule has 0 bridgehead atoms. The molecule has 1 aromatic heterocycles. The van der Waals surface area contributed by atoms with Gasteiger partial charge in [-0.15, -0.1) is 0 Å². The first-order valence-corrected chi connectivity index (χ1v) is 6.72. The third-order valence-corrected chi connectivity index (χ3v) is 3.87. The molecule has 5 nitrogen and oxygen atoms in total. The summed E-state index contributed by atoms with van der Waals surface area (Å²) in [5, 5.41) is 13.5. The van der Waals surface area contributed by atoms with E-state index in [-0.39, 0.29) is 16.9 Å². The van der Waals surface area contributed by atoms with Crippen LogP contribution < -0.4 is 10.9 Å². The number of aliphatic hydroxyl groups excluding tert-OH is 1. The number of aryl methyl sites for hydroxylation is 1. The number of aliphatic hydroxyl groups is 1. The van der Waals surface area contributed by atoms with Crippen LogP contribution in [-0.2, 0) is 6.42 Å². The van der Waals surface area contributed by atoms with Crippen LogP contribution in [0.15, 0.2) is 16.0 Å². The van der Waals surface area contributed by atoms with Gasteiger partial charge in [0.1, 0.15) is 0 Å². The van der Waals surface area contributed by atoms with Crippen molar-refractivity contribution >= 4 is 11.8 Å². The minimum Gasteiger partial charge on any atom is -0.391 e. The van der Waals surface area contributed by atoms with Crippen molar-refractivity contribution in [3.63, 3.8) is 0 Å². The molecule has 2 atom stereocenters. The maximum absolute atomic E-state index is 11.5. The lowest BCUT2D eigenvalue weighted by atomic mass is 10.2. The number of hydrogen-bond donors (Lipinski definition) is 3. The molecule has 2 rings (SSSR count). The lowest BCUT2D eigenvalue weighted by Crippen LogP contribution is -2.21. The summed E-state index contributed by atoms with van der Waals surface area (Å²) in [7, 11) is 0. The lowest BCUT2D eigenvalue weighted by molar-refractivity contribution is 0.201. The molecular formula is C11H17N3O2S. The van der Waals surface area contributed by atoms with Gasteiger partial charge < -0.3 is 15.4 Å². The second kappa shape index (κ2) is 5.66. The predicted octanol–water partition coefficient (Wildman–Crippen LogP) is 0.147. The van der Waals surface area contributed by atoms with Crippen molar-refractivity contribution < 1.29 is 5.11 Å². The fourth-order valence-electron chi connectivity index (χ4n) is 1.83. The van der Waals surface area contributed by atoms with E-state index in [0.717, 1.165) is 25.1 Å². The summed E-state index contributed by atoms with van der Waals surface area (Å²) >= 11 is 1.43. The van der Waals surface area contributed by atoms with Crippen LogP contribution in [0, 0.1) is 0 Å². The smallest absolute Gasteiger partial charge is 0.251 e. The van der Waals surface area contributed by atoms with Crippen molar-refractivity contribution in [2.75, 3.05) is 13.1 Å². The highest BCUT2D eigenvalue weighted by Gasteiger charge is 2.26. The van der Waals surface area contributed by atoms with Gasteiger partial charge in [-0.05, 0) is 6.42 Å². The molecule has 1 aliphatic rings. The Labute approximate surface area is 104 Å². The zero-order chi connectivity index (χ0) is 12.3. The summed E-state index contributed by atoms with van der Waals surface area (Å²) in [6.45, 7) is 3.41. The maximum atomic E-state index is 11.5. The molecule has 1 aromatic rings. The van der Waals surface area contributed by atoms with Gasteiger partial charge in [-0.3, -0.25) is 4.79 Å². The fraction of sp³-hybridized carbons (Fsp3) is 0.636. The number of β-amino-alcohol motifs (C(OH)–C–C–N with tert-alkyl or cyclic N) is 1. The largest absolute Gasteiger partial charge is 0.391 e. The van der Waals surface area contributed by atoms with Gasteiger partial charge in [-0.2, -0.15) is 0 Å². The van der Waals surface area contributed by atoms with Gasteiger partial charge in [-0.1, -0.05) is 25.1 Å². The average Bonchev–Trinajstić information content (AvgIpc) is 2.64. The highest BCUT2D eigenvalue weighted by atomic mass is 32.2. The Hall–Kier alpha value is -0.850. The number of rotatable bonds is 4. The summed E-state index contributed by atoms with van der Waals surface area (Å²) in [5.41, 5.74) is 0.700. The second-order valence-electron chi connectivity index (χ2n) is 4.17. The second-order valence-corrected chi connectivity index (χ2v) is 5.40. The summed E-state index contributed by atoms with van der Waals surface area (Å²) in [5.74, 6) is 0. The molecule has 6 heteroatoms. The molecule has 1 saturated heterocycles. The first-order chi connectivity index (χ1) is 8.19. The van der Waals surface area contributed by atoms with Crippen molar-refractivity contribution in [2.24, 2.45) is 0 Å². The Morgan fingerprint density at radius 1 is 1.59 bits per heavy atom. The Morgan fingerprint density at radius 2 is 2.41 bits per heavy atom. The molecule has 0 aromatic carbocycles. The third-order valence-electron chi connectivity index (χ3n) is 2.67. The molecule has 0 radical (unpaired) electrons. The van der Waals surface area contributed by atoms with Gasteiger partial charge in [0.05, 0.1) is 11.4 Å². The molecular weight excluding hydrogens is 238 g/mol. The Morgan fingerprint density at radius 3 is 3.06 bits per heavy atom. The van der Waals surface area contributed by atoms with Crippen LogP contribution in [0.25, 0.3) is 0 Å². The van der Waals surface area contributed by atoms with E-state index in [1.165, 1.54) is 17.8 Å². The zero-order valence-corrected chi connectivity index (χ0v) is 10.6. The number of thioether (sulfide) groups is 1. The third kappa shape index (κ3) is 3.31. The molecule has 2 unspecified atom stereocenters. The van der Waals surface area contributed by atoms with Crippen molar-refractivity contribution in [3.8, 4) is 0 Å². The average molecular weight is 255 g/mol. The first-order valence-electron chi connectivity index (χ1n) is 5.84. The Bertz CT molecular complexity index is 435. The van der Waals surface area contributed by atoms with Crippen LogP contribution in [0.3, 0.4) is 0 Å².